The molecule has 0 fully saturated rings. The van der Waals surface area contributed by atoms with Gasteiger partial charge in [-0.05, 0) is 58.4 Å². The normalized spacial score (nSPS) is 10.8. The van der Waals surface area contributed by atoms with Crippen molar-refractivity contribution < 1.29 is 25.8 Å². The summed E-state index contributed by atoms with van der Waals surface area (Å²) in [5.74, 6) is 0.131. The molecule has 4 aromatic rings. The number of hydrogen-bond acceptors (Lipinski definition) is 2. The Labute approximate surface area is 179 Å². The lowest BCUT2D eigenvalue weighted by Gasteiger charge is -2.03. The molecule has 0 atom stereocenters. The molecular weight excluding hydrogens is 477 g/mol. The van der Waals surface area contributed by atoms with Crippen molar-refractivity contribution in [2.24, 2.45) is 0 Å². The first-order chi connectivity index (χ1) is 12.5. The summed E-state index contributed by atoms with van der Waals surface area (Å²) in [6.45, 7) is 0.484. The SMILES string of the molecule is Fc1ccc(C[n+]2cc(Br)cc(-c3nc4cc(Cl)ccc4o3)c2)c(Cl)c1.[Cl-]. The first kappa shape index (κ1) is 20.1. The zero-order valence-electron chi connectivity index (χ0n) is 13.6. The lowest BCUT2D eigenvalue weighted by molar-refractivity contribution is -0.688. The highest BCUT2D eigenvalue weighted by molar-refractivity contribution is 9.10. The predicted molar refractivity (Wildman–Crippen MR) is 103 cm³/mol. The maximum atomic E-state index is 13.2. The second kappa shape index (κ2) is 8.15. The van der Waals surface area contributed by atoms with E-state index in [4.69, 9.17) is 27.6 Å². The predicted octanol–water partition coefficient (Wildman–Crippen LogP) is 3.04. The van der Waals surface area contributed by atoms with Crippen LogP contribution in [0, 0.1) is 5.82 Å². The van der Waals surface area contributed by atoms with Crippen LogP contribution < -0.4 is 17.0 Å². The maximum absolute atomic E-state index is 13.2. The van der Waals surface area contributed by atoms with E-state index in [9.17, 15) is 4.39 Å². The number of oxazole rings is 1. The Balaban J connectivity index is 0.00000210. The Bertz CT molecular complexity index is 1130. The first-order valence-corrected chi connectivity index (χ1v) is 9.23. The van der Waals surface area contributed by atoms with Gasteiger partial charge in [-0.3, -0.25) is 0 Å². The van der Waals surface area contributed by atoms with Crippen molar-refractivity contribution >= 4 is 50.2 Å². The van der Waals surface area contributed by atoms with Crippen LogP contribution in [-0.2, 0) is 6.54 Å². The molecule has 8 heteroatoms. The summed E-state index contributed by atoms with van der Waals surface area (Å²) in [5, 5.41) is 0.989. The molecule has 0 aliphatic heterocycles. The lowest BCUT2D eigenvalue weighted by Crippen LogP contribution is -3.00. The Morgan fingerprint density at radius 1 is 1.07 bits per heavy atom. The van der Waals surface area contributed by atoms with E-state index in [-0.39, 0.29) is 18.2 Å². The number of rotatable bonds is 3. The molecule has 0 unspecified atom stereocenters. The van der Waals surface area contributed by atoms with Gasteiger partial charge in [0.05, 0.1) is 9.50 Å². The van der Waals surface area contributed by atoms with Crippen molar-refractivity contribution in [1.82, 2.24) is 4.98 Å². The van der Waals surface area contributed by atoms with Crippen molar-refractivity contribution in [2.75, 3.05) is 0 Å². The Kier molecular flexibility index (Phi) is 6.06. The van der Waals surface area contributed by atoms with E-state index < -0.39 is 0 Å². The number of fused-ring (bicyclic) bond motifs is 1. The van der Waals surface area contributed by atoms with Crippen LogP contribution >= 0.6 is 39.1 Å². The zero-order valence-corrected chi connectivity index (χ0v) is 17.4. The summed E-state index contributed by atoms with van der Waals surface area (Å²) >= 11 is 15.6. The molecule has 0 amide bonds. The Hall–Kier alpha value is -1.66. The molecule has 138 valence electrons. The van der Waals surface area contributed by atoms with Crippen LogP contribution in [0.25, 0.3) is 22.6 Å². The summed E-state index contributed by atoms with van der Waals surface area (Å²) in [4.78, 5) is 4.50. The molecule has 3 nitrogen and oxygen atoms in total. The summed E-state index contributed by atoms with van der Waals surface area (Å²) in [7, 11) is 0. The van der Waals surface area contributed by atoms with Crippen LogP contribution in [0.2, 0.25) is 10.0 Å². The average molecular weight is 489 g/mol. The maximum Gasteiger partial charge on any atom is 0.233 e. The molecule has 0 radical (unpaired) electrons. The van der Waals surface area contributed by atoms with Crippen molar-refractivity contribution in [3.8, 4) is 11.5 Å². The van der Waals surface area contributed by atoms with Gasteiger partial charge in [-0.1, -0.05) is 23.2 Å². The van der Waals surface area contributed by atoms with Gasteiger partial charge in [-0.15, -0.1) is 0 Å². The topological polar surface area (TPSA) is 29.9 Å². The van der Waals surface area contributed by atoms with Gasteiger partial charge in [0, 0.05) is 10.6 Å². The van der Waals surface area contributed by atoms with Crippen molar-refractivity contribution in [1.29, 1.82) is 0 Å². The van der Waals surface area contributed by atoms with E-state index in [0.717, 1.165) is 15.6 Å². The van der Waals surface area contributed by atoms with E-state index >= 15 is 0 Å². The fraction of sp³-hybridized carbons (Fsp3) is 0.0526. The molecule has 0 bridgehead atoms. The molecule has 0 aliphatic carbocycles. The number of benzene rings is 2. The Morgan fingerprint density at radius 2 is 1.89 bits per heavy atom. The molecule has 27 heavy (non-hydrogen) atoms. The van der Waals surface area contributed by atoms with Crippen molar-refractivity contribution in [2.45, 2.75) is 6.54 Å². The monoisotopic (exact) mass is 486 g/mol. The minimum atomic E-state index is -0.358. The van der Waals surface area contributed by atoms with Gasteiger partial charge in [0.1, 0.15) is 16.9 Å². The quantitative estimate of drug-likeness (QED) is 0.415. The molecule has 2 aromatic carbocycles. The van der Waals surface area contributed by atoms with E-state index in [2.05, 4.69) is 20.9 Å². The largest absolute Gasteiger partial charge is 1.00 e. The summed E-state index contributed by atoms with van der Waals surface area (Å²) in [6, 6.07) is 11.6. The Morgan fingerprint density at radius 3 is 2.67 bits per heavy atom. The molecule has 0 N–H and O–H groups in total. The summed E-state index contributed by atoms with van der Waals surface area (Å²) < 4.78 is 21.9. The van der Waals surface area contributed by atoms with Crippen LogP contribution in [-0.4, -0.2) is 4.98 Å². The van der Waals surface area contributed by atoms with Gasteiger partial charge in [0.25, 0.3) is 0 Å². The smallest absolute Gasteiger partial charge is 0.233 e. The number of pyridine rings is 1. The van der Waals surface area contributed by atoms with Crippen LogP contribution in [0.15, 0.2) is 63.7 Å². The molecule has 0 aliphatic rings. The number of aromatic nitrogens is 2. The molecule has 2 heterocycles. The van der Waals surface area contributed by atoms with Crippen LogP contribution in [0.1, 0.15) is 5.56 Å². The standard InChI is InChI=1S/C19H11BrCl2FN2O.ClH/c20-13-5-12(19-24-17-6-14(21)2-4-18(17)26-19)9-25(10-13)8-11-1-3-15(23)7-16(11)22;/h1-7,9-10H,8H2;1H/q+1;/p-1. The highest BCUT2D eigenvalue weighted by Crippen LogP contribution is 2.27. The van der Waals surface area contributed by atoms with E-state index in [1.807, 2.05) is 23.0 Å². The van der Waals surface area contributed by atoms with E-state index in [0.29, 0.717) is 33.6 Å². The minimum Gasteiger partial charge on any atom is -1.00 e. The molecule has 0 spiro atoms. The minimum absolute atomic E-state index is 0. The third kappa shape index (κ3) is 4.43. The highest BCUT2D eigenvalue weighted by Gasteiger charge is 2.16. The van der Waals surface area contributed by atoms with Crippen LogP contribution in [0.4, 0.5) is 4.39 Å². The molecule has 0 saturated carbocycles. The van der Waals surface area contributed by atoms with Gasteiger partial charge < -0.3 is 16.8 Å². The van der Waals surface area contributed by atoms with Gasteiger partial charge >= 0.3 is 0 Å². The van der Waals surface area contributed by atoms with Gasteiger partial charge in [-0.25, -0.2) is 9.37 Å². The number of halogens is 5. The fourth-order valence-electron chi connectivity index (χ4n) is 2.68. The van der Waals surface area contributed by atoms with Crippen molar-refractivity contribution in [3.63, 3.8) is 0 Å². The highest BCUT2D eigenvalue weighted by atomic mass is 79.9. The molecular formula is C19H11BrCl3FN2O. The molecule has 4 rings (SSSR count). The molecule has 2 aromatic heterocycles. The van der Waals surface area contributed by atoms with Crippen LogP contribution in [0.5, 0.6) is 0 Å². The zero-order chi connectivity index (χ0) is 18.3. The third-order valence-electron chi connectivity index (χ3n) is 3.85. The first-order valence-electron chi connectivity index (χ1n) is 7.68. The van der Waals surface area contributed by atoms with Crippen LogP contribution in [0.3, 0.4) is 0 Å². The van der Waals surface area contributed by atoms with Gasteiger partial charge in [0.2, 0.25) is 5.89 Å². The summed E-state index contributed by atoms with van der Waals surface area (Å²) in [6.07, 6.45) is 3.81. The number of hydrogen-bond donors (Lipinski definition) is 0. The van der Waals surface area contributed by atoms with Gasteiger partial charge in [-0.2, -0.15) is 4.57 Å². The van der Waals surface area contributed by atoms with Gasteiger partial charge in [0.15, 0.2) is 24.5 Å². The molecule has 0 saturated heterocycles. The second-order valence-electron chi connectivity index (χ2n) is 5.78. The van der Waals surface area contributed by atoms with E-state index in [1.54, 1.807) is 24.3 Å². The second-order valence-corrected chi connectivity index (χ2v) is 7.54. The number of nitrogens with zero attached hydrogens (tertiary/aromatic N) is 2. The lowest BCUT2D eigenvalue weighted by atomic mass is 10.2. The van der Waals surface area contributed by atoms with E-state index in [1.165, 1.54) is 12.1 Å². The van der Waals surface area contributed by atoms with Crippen molar-refractivity contribution in [3.05, 3.63) is 80.8 Å². The summed E-state index contributed by atoms with van der Waals surface area (Å²) in [5.41, 5.74) is 2.97. The fourth-order valence-corrected chi connectivity index (χ4v) is 3.58. The average Bonchev–Trinajstić information content (AvgIpc) is 3.00. The third-order valence-corrected chi connectivity index (χ3v) is 4.87.